The Kier molecular flexibility index (Phi) is 5.11. The molecular formula is C21H24N4O3. The van der Waals surface area contributed by atoms with Crippen LogP contribution in [0, 0.1) is 0 Å². The van der Waals surface area contributed by atoms with E-state index in [1.165, 1.54) is 6.42 Å². The molecule has 0 aliphatic heterocycles. The van der Waals surface area contributed by atoms with E-state index in [2.05, 4.69) is 10.1 Å². The number of aliphatic hydroxyl groups excluding tert-OH is 1. The van der Waals surface area contributed by atoms with E-state index >= 15 is 0 Å². The number of nitrogens with zero attached hydrogens (tertiary/aromatic N) is 4. The largest absolute Gasteiger partial charge is 0.386 e. The lowest BCUT2D eigenvalue weighted by atomic mass is 9.96. The molecule has 0 saturated heterocycles. The molecule has 0 spiro atoms. The van der Waals surface area contributed by atoms with Gasteiger partial charge in [-0.1, -0.05) is 0 Å². The number of hydrogen-bond acceptors (Lipinski definition) is 5. The molecule has 1 aliphatic rings. The molecule has 1 saturated carbocycles. The van der Waals surface area contributed by atoms with Crippen molar-refractivity contribution in [3.8, 4) is 5.69 Å². The summed E-state index contributed by atoms with van der Waals surface area (Å²) in [5.74, 6) is -0.0438. The third-order valence-electron chi connectivity index (χ3n) is 5.12. The van der Waals surface area contributed by atoms with Crippen molar-refractivity contribution < 1.29 is 14.6 Å². The SMILES string of the molecule is CN(C)C(=O)c1ccc(-n2ncc3cc(C(O)COC4CCC4)cnc32)cc1. The van der Waals surface area contributed by atoms with Crippen molar-refractivity contribution in [1.29, 1.82) is 0 Å². The number of rotatable bonds is 6. The smallest absolute Gasteiger partial charge is 0.253 e. The fourth-order valence-electron chi connectivity index (χ4n) is 3.17. The highest BCUT2D eigenvalue weighted by molar-refractivity contribution is 5.94. The van der Waals surface area contributed by atoms with E-state index in [9.17, 15) is 9.90 Å². The van der Waals surface area contributed by atoms with E-state index in [1.807, 2.05) is 18.2 Å². The van der Waals surface area contributed by atoms with Gasteiger partial charge in [0.2, 0.25) is 0 Å². The van der Waals surface area contributed by atoms with E-state index in [0.29, 0.717) is 11.2 Å². The van der Waals surface area contributed by atoms with Crippen LogP contribution in [-0.4, -0.2) is 57.5 Å². The van der Waals surface area contributed by atoms with Gasteiger partial charge in [0, 0.05) is 36.8 Å². The summed E-state index contributed by atoms with van der Waals surface area (Å²) in [4.78, 5) is 18.1. The van der Waals surface area contributed by atoms with E-state index in [0.717, 1.165) is 29.5 Å². The van der Waals surface area contributed by atoms with Crippen LogP contribution in [0.1, 0.15) is 41.3 Å². The third kappa shape index (κ3) is 3.63. The number of hydrogen-bond donors (Lipinski definition) is 1. The molecule has 0 bridgehead atoms. The Bertz CT molecular complexity index is 977. The van der Waals surface area contributed by atoms with Crippen molar-refractivity contribution in [2.75, 3.05) is 20.7 Å². The van der Waals surface area contributed by atoms with Crippen LogP contribution in [0.5, 0.6) is 0 Å². The van der Waals surface area contributed by atoms with Crippen molar-refractivity contribution in [3.63, 3.8) is 0 Å². The summed E-state index contributed by atoms with van der Waals surface area (Å²) >= 11 is 0. The summed E-state index contributed by atoms with van der Waals surface area (Å²) < 4.78 is 7.42. The molecule has 3 aromatic rings. The van der Waals surface area contributed by atoms with Crippen molar-refractivity contribution in [2.24, 2.45) is 0 Å². The first-order valence-corrected chi connectivity index (χ1v) is 9.48. The first-order chi connectivity index (χ1) is 13.5. The quantitative estimate of drug-likeness (QED) is 0.711. The highest BCUT2D eigenvalue weighted by atomic mass is 16.5. The molecule has 28 heavy (non-hydrogen) atoms. The summed E-state index contributed by atoms with van der Waals surface area (Å²) in [5, 5.41) is 15.6. The first kappa shape index (κ1) is 18.6. The topological polar surface area (TPSA) is 80.5 Å². The summed E-state index contributed by atoms with van der Waals surface area (Å²) in [7, 11) is 3.45. The number of ether oxygens (including phenoxy) is 1. The van der Waals surface area contributed by atoms with Crippen LogP contribution in [-0.2, 0) is 4.74 Å². The summed E-state index contributed by atoms with van der Waals surface area (Å²) in [6, 6.07) is 9.15. The standard InChI is InChI=1S/C21H24N4O3/c1-24(2)21(27)14-6-8-17(9-7-14)25-20-16(12-23-25)10-15(11-22-20)19(26)13-28-18-4-3-5-18/h6-12,18-19,26H,3-5,13H2,1-2H3. The minimum atomic E-state index is -0.697. The molecular weight excluding hydrogens is 356 g/mol. The molecule has 0 radical (unpaired) electrons. The highest BCUT2D eigenvalue weighted by Gasteiger charge is 2.20. The van der Waals surface area contributed by atoms with Gasteiger partial charge in [0.25, 0.3) is 5.91 Å². The van der Waals surface area contributed by atoms with Crippen molar-refractivity contribution in [3.05, 3.63) is 53.9 Å². The predicted molar refractivity (Wildman–Crippen MR) is 105 cm³/mol. The summed E-state index contributed by atoms with van der Waals surface area (Å²) in [6.07, 6.45) is 6.35. The van der Waals surface area contributed by atoms with Crippen LogP contribution in [0.25, 0.3) is 16.7 Å². The molecule has 7 heteroatoms. The molecule has 1 fully saturated rings. The fraction of sp³-hybridized carbons (Fsp3) is 0.381. The van der Waals surface area contributed by atoms with Crippen molar-refractivity contribution >= 4 is 16.9 Å². The maximum atomic E-state index is 12.0. The number of aliphatic hydroxyl groups is 1. The van der Waals surface area contributed by atoms with Crippen molar-refractivity contribution in [2.45, 2.75) is 31.5 Å². The number of benzene rings is 1. The monoisotopic (exact) mass is 380 g/mol. The van der Waals surface area contributed by atoms with Crippen LogP contribution in [0.2, 0.25) is 0 Å². The zero-order valence-electron chi connectivity index (χ0n) is 16.1. The number of fused-ring (bicyclic) bond motifs is 1. The van der Waals surface area contributed by atoms with Gasteiger partial charge in [-0.2, -0.15) is 5.10 Å². The van der Waals surface area contributed by atoms with Gasteiger partial charge >= 0.3 is 0 Å². The first-order valence-electron chi connectivity index (χ1n) is 9.48. The van der Waals surface area contributed by atoms with E-state index in [4.69, 9.17) is 4.74 Å². The molecule has 1 amide bonds. The average molecular weight is 380 g/mol. The summed E-state index contributed by atoms with van der Waals surface area (Å²) in [5.41, 5.74) is 2.86. The Morgan fingerprint density at radius 3 is 2.68 bits per heavy atom. The average Bonchev–Trinajstić information content (AvgIpc) is 3.09. The van der Waals surface area contributed by atoms with Gasteiger partial charge in [0.05, 0.1) is 24.6 Å². The number of aromatic nitrogens is 3. The molecule has 146 valence electrons. The molecule has 2 aromatic heterocycles. The van der Waals surface area contributed by atoms with Crippen LogP contribution in [0.3, 0.4) is 0 Å². The highest BCUT2D eigenvalue weighted by Crippen LogP contribution is 2.25. The number of carbonyl (C=O) groups excluding carboxylic acids is 1. The molecule has 1 aromatic carbocycles. The van der Waals surface area contributed by atoms with Crippen LogP contribution >= 0.6 is 0 Å². The van der Waals surface area contributed by atoms with Crippen LogP contribution in [0.15, 0.2) is 42.7 Å². The zero-order valence-corrected chi connectivity index (χ0v) is 16.1. The van der Waals surface area contributed by atoms with E-state index < -0.39 is 6.10 Å². The number of amides is 1. The fourth-order valence-corrected chi connectivity index (χ4v) is 3.17. The Balaban J connectivity index is 1.53. The van der Waals surface area contributed by atoms with Gasteiger partial charge < -0.3 is 14.7 Å². The molecule has 1 aliphatic carbocycles. The van der Waals surface area contributed by atoms with Crippen molar-refractivity contribution in [1.82, 2.24) is 19.7 Å². The van der Waals surface area contributed by atoms with Gasteiger partial charge in [0.1, 0.15) is 6.10 Å². The molecule has 1 N–H and O–H groups in total. The lowest BCUT2D eigenvalue weighted by Gasteiger charge is -2.26. The Morgan fingerprint density at radius 1 is 1.29 bits per heavy atom. The second kappa shape index (κ2) is 7.69. The molecule has 1 atom stereocenters. The lowest BCUT2D eigenvalue weighted by molar-refractivity contribution is -0.0427. The maximum Gasteiger partial charge on any atom is 0.253 e. The minimum Gasteiger partial charge on any atom is -0.386 e. The molecule has 7 nitrogen and oxygen atoms in total. The number of pyridine rings is 1. The Labute approximate surface area is 163 Å². The lowest BCUT2D eigenvalue weighted by Crippen LogP contribution is -2.24. The van der Waals surface area contributed by atoms with Gasteiger partial charge in [-0.3, -0.25) is 4.79 Å². The molecule has 2 heterocycles. The van der Waals surface area contributed by atoms with Gasteiger partial charge in [0.15, 0.2) is 5.65 Å². The van der Waals surface area contributed by atoms with E-state index in [1.54, 1.807) is 48.2 Å². The molecule has 1 unspecified atom stereocenters. The normalized spacial score (nSPS) is 15.4. The van der Waals surface area contributed by atoms with Crippen LogP contribution < -0.4 is 0 Å². The predicted octanol–water partition coefficient (Wildman–Crippen LogP) is 2.72. The Morgan fingerprint density at radius 2 is 2.04 bits per heavy atom. The third-order valence-corrected chi connectivity index (χ3v) is 5.12. The van der Waals surface area contributed by atoms with Gasteiger partial charge in [-0.05, 0) is 49.6 Å². The second-order valence-corrected chi connectivity index (χ2v) is 7.39. The molecule has 4 rings (SSSR count). The van der Waals surface area contributed by atoms with Crippen LogP contribution in [0.4, 0.5) is 0 Å². The van der Waals surface area contributed by atoms with E-state index in [-0.39, 0.29) is 18.6 Å². The Hall–Kier alpha value is -2.77. The van der Waals surface area contributed by atoms with Gasteiger partial charge in [-0.25, -0.2) is 9.67 Å². The minimum absolute atomic E-state index is 0.0438. The summed E-state index contributed by atoms with van der Waals surface area (Å²) in [6.45, 7) is 0.285. The zero-order chi connectivity index (χ0) is 19.7. The second-order valence-electron chi connectivity index (χ2n) is 7.39. The maximum absolute atomic E-state index is 12.0. The van der Waals surface area contributed by atoms with Gasteiger partial charge in [-0.15, -0.1) is 0 Å². The number of carbonyl (C=O) groups is 1.